The van der Waals surface area contributed by atoms with Gasteiger partial charge in [0.2, 0.25) is 0 Å². The Bertz CT molecular complexity index is 700. The van der Waals surface area contributed by atoms with E-state index >= 15 is 0 Å². The second kappa shape index (κ2) is 5.45. The van der Waals surface area contributed by atoms with Crippen molar-refractivity contribution in [2.45, 2.75) is 6.54 Å². The van der Waals surface area contributed by atoms with E-state index in [0.717, 1.165) is 5.56 Å². The number of anilines is 1. The van der Waals surface area contributed by atoms with Gasteiger partial charge in [-0.3, -0.25) is 4.79 Å². The first kappa shape index (κ1) is 13.6. The number of hydrogen-bond donors (Lipinski definition) is 2. The molecule has 3 N–H and O–H groups in total. The minimum atomic E-state index is -0.808. The zero-order valence-corrected chi connectivity index (χ0v) is 10.9. The van der Waals surface area contributed by atoms with Crippen LogP contribution in [-0.4, -0.2) is 10.5 Å². The number of rotatable bonds is 4. The van der Waals surface area contributed by atoms with Crippen LogP contribution in [0.2, 0.25) is 0 Å². The average Bonchev–Trinajstić information content (AvgIpc) is 2.78. The lowest BCUT2D eigenvalue weighted by Crippen LogP contribution is -2.13. The summed E-state index contributed by atoms with van der Waals surface area (Å²) in [6.07, 6.45) is 1.82. The Kier molecular flexibility index (Phi) is 3.71. The predicted octanol–water partition coefficient (Wildman–Crippen LogP) is 1.75. The molecule has 1 aromatic heterocycles. The van der Waals surface area contributed by atoms with Crippen LogP contribution in [-0.2, 0) is 13.6 Å². The molecule has 2 aromatic rings. The number of carbonyl (C=O) groups excluding carboxylic acids is 1. The maximum Gasteiger partial charge on any atom is 0.251 e. The van der Waals surface area contributed by atoms with Gasteiger partial charge in [0.05, 0.1) is 5.56 Å². The Morgan fingerprint density at radius 2 is 2.25 bits per heavy atom. The highest BCUT2D eigenvalue weighted by molar-refractivity contribution is 5.94. The maximum absolute atomic E-state index is 13.3. The Hall–Kier alpha value is -2.81. The van der Waals surface area contributed by atoms with Crippen molar-refractivity contribution in [2.75, 3.05) is 5.32 Å². The summed E-state index contributed by atoms with van der Waals surface area (Å²) in [5.41, 5.74) is 6.99. The van der Waals surface area contributed by atoms with Gasteiger partial charge in [-0.25, -0.2) is 4.39 Å². The molecule has 1 heterocycles. The molecule has 0 saturated heterocycles. The van der Waals surface area contributed by atoms with Crippen molar-refractivity contribution in [3.8, 4) is 6.07 Å². The second-order valence-electron chi connectivity index (χ2n) is 4.37. The van der Waals surface area contributed by atoms with Gasteiger partial charge in [-0.15, -0.1) is 0 Å². The van der Waals surface area contributed by atoms with Crippen LogP contribution in [0, 0.1) is 17.1 Å². The lowest BCUT2D eigenvalue weighted by molar-refractivity contribution is 0.0996. The summed E-state index contributed by atoms with van der Waals surface area (Å²) < 4.78 is 15.0. The standard InChI is InChI=1S/C14H13FN4O/c1-19-8-9(4-11(19)6-16)7-18-10-2-3-13(15)12(5-10)14(17)20/h2-5,8,18H,7H2,1H3,(H2,17,20). The number of primary amides is 1. The highest BCUT2D eigenvalue weighted by Gasteiger charge is 2.09. The molecule has 0 unspecified atom stereocenters. The molecule has 20 heavy (non-hydrogen) atoms. The number of nitrogens with one attached hydrogen (secondary N) is 1. The second-order valence-corrected chi connectivity index (χ2v) is 4.37. The van der Waals surface area contributed by atoms with Crippen LogP contribution in [0.4, 0.5) is 10.1 Å². The van der Waals surface area contributed by atoms with Crippen LogP contribution < -0.4 is 11.1 Å². The smallest absolute Gasteiger partial charge is 0.251 e. The summed E-state index contributed by atoms with van der Waals surface area (Å²) in [5.74, 6) is -1.45. The number of amides is 1. The molecule has 0 radical (unpaired) electrons. The molecule has 0 spiro atoms. The van der Waals surface area contributed by atoms with E-state index in [1.807, 2.05) is 6.20 Å². The first-order valence-corrected chi connectivity index (χ1v) is 5.90. The van der Waals surface area contributed by atoms with Crippen LogP contribution in [0.15, 0.2) is 30.5 Å². The van der Waals surface area contributed by atoms with Crippen molar-refractivity contribution in [3.63, 3.8) is 0 Å². The highest BCUT2D eigenvalue weighted by atomic mass is 19.1. The molecule has 5 nitrogen and oxygen atoms in total. The highest BCUT2D eigenvalue weighted by Crippen LogP contribution is 2.16. The number of benzene rings is 1. The van der Waals surface area contributed by atoms with Gasteiger partial charge in [0.25, 0.3) is 5.91 Å². The molecule has 0 aliphatic rings. The zero-order chi connectivity index (χ0) is 14.7. The van der Waals surface area contributed by atoms with Gasteiger partial charge in [-0.05, 0) is 29.8 Å². The fourth-order valence-corrected chi connectivity index (χ4v) is 1.87. The molecule has 0 aliphatic heterocycles. The van der Waals surface area contributed by atoms with Gasteiger partial charge in [-0.1, -0.05) is 0 Å². The average molecular weight is 272 g/mol. The van der Waals surface area contributed by atoms with E-state index < -0.39 is 11.7 Å². The Morgan fingerprint density at radius 1 is 1.50 bits per heavy atom. The minimum absolute atomic E-state index is 0.152. The summed E-state index contributed by atoms with van der Waals surface area (Å²) >= 11 is 0. The molecule has 0 aliphatic carbocycles. The number of nitrogens with two attached hydrogens (primary N) is 1. The molecule has 0 atom stereocenters. The lowest BCUT2D eigenvalue weighted by atomic mass is 10.1. The molecule has 1 aromatic carbocycles. The normalized spacial score (nSPS) is 10.1. The molecular weight excluding hydrogens is 259 g/mol. The van der Waals surface area contributed by atoms with E-state index in [4.69, 9.17) is 11.0 Å². The number of hydrogen-bond acceptors (Lipinski definition) is 3. The van der Waals surface area contributed by atoms with Gasteiger partial charge in [0.1, 0.15) is 17.6 Å². The van der Waals surface area contributed by atoms with Crippen LogP contribution in [0.5, 0.6) is 0 Å². The third-order valence-electron chi connectivity index (χ3n) is 2.90. The summed E-state index contributed by atoms with van der Waals surface area (Å²) in [6, 6.07) is 7.90. The van der Waals surface area contributed by atoms with E-state index in [0.29, 0.717) is 17.9 Å². The van der Waals surface area contributed by atoms with Gasteiger partial charge in [-0.2, -0.15) is 5.26 Å². The molecule has 6 heteroatoms. The van der Waals surface area contributed by atoms with Gasteiger partial charge >= 0.3 is 0 Å². The molecule has 0 bridgehead atoms. The summed E-state index contributed by atoms with van der Waals surface area (Å²) in [5, 5.41) is 11.9. The number of aryl methyl sites for hydroxylation is 1. The minimum Gasteiger partial charge on any atom is -0.381 e. The fourth-order valence-electron chi connectivity index (χ4n) is 1.87. The fraction of sp³-hybridized carbons (Fsp3) is 0.143. The van der Waals surface area contributed by atoms with Crippen molar-refractivity contribution in [1.82, 2.24) is 4.57 Å². The van der Waals surface area contributed by atoms with Gasteiger partial charge < -0.3 is 15.6 Å². The predicted molar refractivity (Wildman–Crippen MR) is 72.4 cm³/mol. The molecule has 1 amide bonds. The third kappa shape index (κ3) is 2.78. The molecular formula is C14H13FN4O. The van der Waals surface area contributed by atoms with E-state index in [1.165, 1.54) is 18.2 Å². The molecule has 0 fully saturated rings. The number of carbonyl (C=O) groups is 1. The summed E-state index contributed by atoms with van der Waals surface area (Å²) in [6.45, 7) is 0.458. The Balaban J connectivity index is 2.13. The van der Waals surface area contributed by atoms with Gasteiger partial charge in [0.15, 0.2) is 0 Å². The first-order valence-electron chi connectivity index (χ1n) is 5.90. The number of nitriles is 1. The maximum atomic E-state index is 13.3. The third-order valence-corrected chi connectivity index (χ3v) is 2.90. The van der Waals surface area contributed by atoms with Gasteiger partial charge in [0, 0.05) is 25.5 Å². The summed E-state index contributed by atoms with van der Waals surface area (Å²) in [7, 11) is 1.78. The molecule has 102 valence electrons. The Labute approximate surface area is 115 Å². The molecule has 0 saturated carbocycles. The first-order chi connectivity index (χ1) is 9.51. The SMILES string of the molecule is Cn1cc(CNc2ccc(F)c(C(N)=O)c2)cc1C#N. The number of aromatic nitrogens is 1. The van der Waals surface area contributed by atoms with E-state index in [2.05, 4.69) is 11.4 Å². The van der Waals surface area contributed by atoms with Crippen molar-refractivity contribution in [3.05, 3.63) is 53.1 Å². The zero-order valence-electron chi connectivity index (χ0n) is 10.9. The van der Waals surface area contributed by atoms with E-state index in [1.54, 1.807) is 17.7 Å². The lowest BCUT2D eigenvalue weighted by Gasteiger charge is -2.07. The van der Waals surface area contributed by atoms with Crippen LogP contribution in [0.25, 0.3) is 0 Å². The number of nitrogens with zero attached hydrogens (tertiary/aromatic N) is 2. The van der Waals surface area contributed by atoms with E-state index in [-0.39, 0.29) is 5.56 Å². The topological polar surface area (TPSA) is 83.8 Å². The Morgan fingerprint density at radius 3 is 2.85 bits per heavy atom. The monoisotopic (exact) mass is 272 g/mol. The summed E-state index contributed by atoms with van der Waals surface area (Å²) in [4.78, 5) is 11.1. The quantitative estimate of drug-likeness (QED) is 0.889. The van der Waals surface area contributed by atoms with Crippen LogP contribution in [0.3, 0.4) is 0 Å². The molecule has 2 rings (SSSR count). The van der Waals surface area contributed by atoms with Crippen molar-refractivity contribution in [2.24, 2.45) is 12.8 Å². The van der Waals surface area contributed by atoms with E-state index in [9.17, 15) is 9.18 Å². The van der Waals surface area contributed by atoms with Crippen molar-refractivity contribution < 1.29 is 9.18 Å². The van der Waals surface area contributed by atoms with Crippen LogP contribution >= 0.6 is 0 Å². The number of halogens is 1. The largest absolute Gasteiger partial charge is 0.381 e. The van der Waals surface area contributed by atoms with Crippen molar-refractivity contribution in [1.29, 1.82) is 5.26 Å². The van der Waals surface area contributed by atoms with Crippen LogP contribution in [0.1, 0.15) is 21.6 Å². The van der Waals surface area contributed by atoms with Crippen molar-refractivity contribution >= 4 is 11.6 Å².